The molecule has 178 valence electrons. The third-order valence-electron chi connectivity index (χ3n) is 6.14. The Morgan fingerprint density at radius 3 is 2.71 bits per heavy atom. The number of hydrogen-bond acceptors (Lipinski definition) is 6. The van der Waals surface area contributed by atoms with Gasteiger partial charge in [-0.2, -0.15) is 13.2 Å². The van der Waals surface area contributed by atoms with Gasteiger partial charge in [0.2, 0.25) is 5.13 Å². The van der Waals surface area contributed by atoms with E-state index in [0.717, 1.165) is 36.0 Å². The Labute approximate surface area is 211 Å². The number of amides is 1. The van der Waals surface area contributed by atoms with Crippen molar-refractivity contribution in [1.82, 2.24) is 15.1 Å². The number of carbonyl (C=O) groups excluding carboxylic acids is 1. The van der Waals surface area contributed by atoms with Crippen molar-refractivity contribution in [3.8, 4) is 0 Å². The molecule has 34 heavy (non-hydrogen) atoms. The van der Waals surface area contributed by atoms with Gasteiger partial charge in [-0.1, -0.05) is 75.4 Å². The van der Waals surface area contributed by atoms with E-state index in [4.69, 9.17) is 0 Å². The van der Waals surface area contributed by atoms with Crippen LogP contribution in [0, 0.1) is 5.92 Å². The van der Waals surface area contributed by atoms with Crippen molar-refractivity contribution in [1.29, 1.82) is 0 Å². The molecule has 2 aliphatic rings. The first-order valence-corrected chi connectivity index (χ1v) is 13.3. The van der Waals surface area contributed by atoms with E-state index in [1.165, 1.54) is 29.0 Å². The van der Waals surface area contributed by atoms with Gasteiger partial charge in [0, 0.05) is 34.8 Å². The number of thioether (sulfide) groups is 1. The molecule has 4 unspecified atom stereocenters. The fourth-order valence-corrected chi connectivity index (χ4v) is 8.37. The Morgan fingerprint density at radius 1 is 1.18 bits per heavy atom. The molecule has 2 heterocycles. The maximum Gasteiger partial charge on any atom is 0.416 e. The SMILES string of the molecule is O=C(Nc1nnc(SC2CC3CN(Cc4ccccc4)C2C3Br)s1)c1cccc(C(F)(F)F)c1. The molecule has 11 heteroatoms. The maximum absolute atomic E-state index is 12.9. The van der Waals surface area contributed by atoms with Crippen molar-refractivity contribution in [2.75, 3.05) is 11.9 Å². The predicted molar refractivity (Wildman–Crippen MR) is 130 cm³/mol. The lowest BCUT2D eigenvalue weighted by atomic mass is 10.1. The number of nitrogens with zero attached hydrogens (tertiary/aromatic N) is 3. The molecule has 1 amide bonds. The van der Waals surface area contributed by atoms with Crippen molar-refractivity contribution in [2.24, 2.45) is 5.92 Å². The van der Waals surface area contributed by atoms with Gasteiger partial charge < -0.3 is 0 Å². The zero-order valence-electron chi connectivity index (χ0n) is 17.7. The molecule has 0 spiro atoms. The zero-order chi connectivity index (χ0) is 23.9. The third-order valence-corrected chi connectivity index (χ3v) is 9.66. The third kappa shape index (κ3) is 5.02. The van der Waals surface area contributed by atoms with E-state index in [2.05, 4.69) is 60.6 Å². The highest BCUT2D eigenvalue weighted by molar-refractivity contribution is 9.09. The molecule has 5 rings (SSSR count). The van der Waals surface area contributed by atoms with Crippen LogP contribution in [-0.4, -0.2) is 43.7 Å². The Balaban J connectivity index is 1.23. The van der Waals surface area contributed by atoms with Crippen LogP contribution in [0.15, 0.2) is 58.9 Å². The normalized spacial score (nSPS) is 24.5. The van der Waals surface area contributed by atoms with Crippen molar-refractivity contribution in [3.05, 3.63) is 71.3 Å². The second-order valence-corrected chi connectivity index (χ2v) is 11.9. The summed E-state index contributed by atoms with van der Waals surface area (Å²) in [5.41, 5.74) is 0.342. The van der Waals surface area contributed by atoms with Crippen LogP contribution in [0.1, 0.15) is 27.9 Å². The summed E-state index contributed by atoms with van der Waals surface area (Å²) in [5.74, 6) is -0.0764. The van der Waals surface area contributed by atoms with Crippen LogP contribution in [0.25, 0.3) is 0 Å². The lowest BCUT2D eigenvalue weighted by Crippen LogP contribution is -2.40. The van der Waals surface area contributed by atoms with E-state index in [0.29, 0.717) is 22.0 Å². The van der Waals surface area contributed by atoms with E-state index < -0.39 is 17.6 Å². The molecule has 1 saturated carbocycles. The first kappa shape index (κ1) is 23.8. The van der Waals surface area contributed by atoms with Crippen molar-refractivity contribution in [2.45, 2.75) is 39.6 Å². The number of alkyl halides is 4. The molecule has 1 aromatic heterocycles. The molecule has 3 aromatic rings. The second kappa shape index (κ2) is 9.60. The Bertz CT molecular complexity index is 1180. The van der Waals surface area contributed by atoms with E-state index in [-0.39, 0.29) is 10.7 Å². The number of aromatic nitrogens is 2. The van der Waals surface area contributed by atoms with E-state index in [9.17, 15) is 18.0 Å². The van der Waals surface area contributed by atoms with E-state index in [1.807, 2.05) is 6.07 Å². The fraction of sp³-hybridized carbons (Fsp3) is 0.348. The minimum absolute atomic E-state index is 0.0778. The molecule has 4 atom stereocenters. The number of halogens is 4. The van der Waals surface area contributed by atoms with Gasteiger partial charge in [0.05, 0.1) is 5.56 Å². The number of hydrogen-bond donors (Lipinski definition) is 1. The highest BCUT2D eigenvalue weighted by Crippen LogP contribution is 2.49. The van der Waals surface area contributed by atoms with Crippen molar-refractivity contribution in [3.63, 3.8) is 0 Å². The number of fused-ring (bicyclic) bond motifs is 2. The smallest absolute Gasteiger partial charge is 0.296 e. The molecule has 2 fully saturated rings. The quantitative estimate of drug-likeness (QED) is 0.294. The van der Waals surface area contributed by atoms with Crippen molar-refractivity contribution >= 4 is 50.1 Å². The number of anilines is 1. The molecule has 0 radical (unpaired) electrons. The van der Waals surface area contributed by atoms with Crippen molar-refractivity contribution < 1.29 is 18.0 Å². The van der Waals surface area contributed by atoms with Gasteiger partial charge >= 0.3 is 6.18 Å². The summed E-state index contributed by atoms with van der Waals surface area (Å²) < 4.78 is 39.5. The average Bonchev–Trinajstić information content (AvgIpc) is 3.46. The standard InChI is InChI=1S/C23H20BrF3N4OS2/c24-18-15-10-17(19(18)31(12-15)11-13-5-2-1-3-6-13)33-22-30-29-21(34-22)28-20(32)14-7-4-8-16(9-14)23(25,26)27/h1-9,15,17-19H,10-12H2,(H,28,29,32). The zero-order valence-corrected chi connectivity index (χ0v) is 20.9. The van der Waals surface area contributed by atoms with Gasteiger partial charge in [-0.05, 0) is 36.1 Å². The summed E-state index contributed by atoms with van der Waals surface area (Å²) in [7, 11) is 0. The molecule has 2 bridgehead atoms. The summed E-state index contributed by atoms with van der Waals surface area (Å²) in [6.07, 6.45) is -3.44. The number of rotatable bonds is 6. The fourth-order valence-electron chi connectivity index (χ4n) is 4.64. The van der Waals surface area contributed by atoms with Gasteiger partial charge in [-0.3, -0.25) is 15.0 Å². The second-order valence-electron chi connectivity index (χ2n) is 8.41. The van der Waals surface area contributed by atoms with Crippen LogP contribution in [0.5, 0.6) is 0 Å². The van der Waals surface area contributed by atoms with Gasteiger partial charge in [-0.15, -0.1) is 10.2 Å². The summed E-state index contributed by atoms with van der Waals surface area (Å²) in [5, 5.41) is 11.4. The minimum Gasteiger partial charge on any atom is -0.296 e. The Hall–Kier alpha value is -1.95. The Morgan fingerprint density at radius 2 is 1.97 bits per heavy atom. The minimum atomic E-state index is -4.51. The first-order valence-electron chi connectivity index (χ1n) is 10.7. The lowest BCUT2D eigenvalue weighted by molar-refractivity contribution is -0.137. The molecule has 2 aromatic carbocycles. The number of piperidine rings is 1. The molecular formula is C23H20BrF3N4OS2. The number of carbonyl (C=O) groups is 1. The van der Waals surface area contributed by atoms with E-state index >= 15 is 0 Å². The average molecular weight is 569 g/mol. The topological polar surface area (TPSA) is 58.1 Å². The highest BCUT2D eigenvalue weighted by Gasteiger charge is 2.51. The summed E-state index contributed by atoms with van der Waals surface area (Å²) in [6.45, 7) is 1.95. The number of nitrogens with one attached hydrogen (secondary N) is 1. The largest absolute Gasteiger partial charge is 0.416 e. The predicted octanol–water partition coefficient (Wildman–Crippen LogP) is 5.94. The van der Waals surface area contributed by atoms with Crippen LogP contribution in [-0.2, 0) is 12.7 Å². The summed E-state index contributed by atoms with van der Waals surface area (Å²) >= 11 is 6.79. The van der Waals surface area contributed by atoms with Gasteiger partial charge in [0.15, 0.2) is 4.34 Å². The van der Waals surface area contributed by atoms with Crippen LogP contribution in [0.3, 0.4) is 0 Å². The molecule has 1 saturated heterocycles. The molecule has 5 nitrogen and oxygen atoms in total. The van der Waals surface area contributed by atoms with E-state index in [1.54, 1.807) is 11.8 Å². The van der Waals surface area contributed by atoms with Crippen LogP contribution in [0.4, 0.5) is 18.3 Å². The monoisotopic (exact) mass is 568 g/mol. The summed E-state index contributed by atoms with van der Waals surface area (Å²) in [6, 6.07) is 15.1. The number of likely N-dealkylation sites (tertiary alicyclic amines) is 1. The number of benzene rings is 2. The molecule has 1 aliphatic heterocycles. The molecule has 1 aliphatic carbocycles. The Kier molecular flexibility index (Phi) is 6.71. The molecular weight excluding hydrogens is 549 g/mol. The first-order chi connectivity index (χ1) is 16.3. The highest BCUT2D eigenvalue weighted by atomic mass is 79.9. The van der Waals surface area contributed by atoms with Gasteiger partial charge in [-0.25, -0.2) is 0 Å². The summed E-state index contributed by atoms with van der Waals surface area (Å²) in [4.78, 5) is 15.4. The van der Waals surface area contributed by atoms with Gasteiger partial charge in [0.1, 0.15) is 0 Å². The lowest BCUT2D eigenvalue weighted by Gasteiger charge is -2.32. The van der Waals surface area contributed by atoms with Gasteiger partial charge in [0.25, 0.3) is 5.91 Å². The van der Waals surface area contributed by atoms with Crippen LogP contribution < -0.4 is 5.32 Å². The maximum atomic E-state index is 12.9. The van der Waals surface area contributed by atoms with Crippen LogP contribution >= 0.6 is 39.0 Å². The van der Waals surface area contributed by atoms with Crippen LogP contribution in [0.2, 0.25) is 0 Å². The molecule has 1 N–H and O–H groups in total.